The molecule has 1 N–H and O–H groups in total. The van der Waals surface area contributed by atoms with E-state index in [1.807, 2.05) is 0 Å². The molecule has 18 heavy (non-hydrogen) atoms. The zero-order valence-electron chi connectivity index (χ0n) is 8.95. The largest absolute Gasteiger partial charge is 0.478 e. The predicted molar refractivity (Wildman–Crippen MR) is 63.8 cm³/mol. The van der Waals surface area contributed by atoms with Crippen LogP contribution >= 0.6 is 11.6 Å². The Morgan fingerprint density at radius 1 is 1.17 bits per heavy atom. The number of hydrogen-bond donors (Lipinski definition) is 1. The normalized spacial score (nSPS) is 10.4. The fourth-order valence-electron chi connectivity index (χ4n) is 1.58. The van der Waals surface area contributed by atoms with Crippen molar-refractivity contribution >= 4 is 17.6 Å². The molecule has 0 unspecified atom stereocenters. The van der Waals surface area contributed by atoms with Crippen molar-refractivity contribution in [2.75, 3.05) is 0 Å². The smallest absolute Gasteiger partial charge is 0.338 e. The maximum Gasteiger partial charge on any atom is 0.338 e. The molecule has 0 fully saturated rings. The minimum absolute atomic E-state index is 0.0665. The second-order valence-electron chi connectivity index (χ2n) is 3.60. The Hall–Kier alpha value is -1.94. The monoisotopic (exact) mass is 268 g/mol. The van der Waals surface area contributed by atoms with Gasteiger partial charge in [0.2, 0.25) is 0 Å². The molecular formula is C13H7ClF2O2. The first-order valence-corrected chi connectivity index (χ1v) is 5.35. The van der Waals surface area contributed by atoms with Gasteiger partial charge in [0.05, 0.1) is 10.6 Å². The number of rotatable bonds is 2. The summed E-state index contributed by atoms with van der Waals surface area (Å²) in [6.45, 7) is 0. The lowest BCUT2D eigenvalue weighted by Crippen LogP contribution is -2.01. The van der Waals surface area contributed by atoms with Crippen molar-refractivity contribution in [1.82, 2.24) is 0 Å². The molecule has 0 aliphatic heterocycles. The third-order valence-corrected chi connectivity index (χ3v) is 2.75. The Bertz CT molecular complexity index is 626. The van der Waals surface area contributed by atoms with Crippen LogP contribution in [0.25, 0.3) is 11.1 Å². The van der Waals surface area contributed by atoms with Gasteiger partial charge in [-0.05, 0) is 23.8 Å². The van der Waals surface area contributed by atoms with Crippen molar-refractivity contribution in [1.29, 1.82) is 0 Å². The standard InChI is InChI=1S/C13H7ClF2O2/c14-10-6-7(4-5-11(10)15)8-2-1-3-9(12(8)16)13(17)18/h1-6H,(H,17,18). The highest BCUT2D eigenvalue weighted by atomic mass is 35.5. The molecule has 0 bridgehead atoms. The van der Waals surface area contributed by atoms with Gasteiger partial charge in [-0.2, -0.15) is 0 Å². The summed E-state index contributed by atoms with van der Waals surface area (Å²) >= 11 is 5.60. The van der Waals surface area contributed by atoms with Gasteiger partial charge in [-0.3, -0.25) is 0 Å². The van der Waals surface area contributed by atoms with Crippen LogP contribution in [0.2, 0.25) is 5.02 Å². The number of aromatic carboxylic acids is 1. The van der Waals surface area contributed by atoms with E-state index in [1.165, 1.54) is 24.3 Å². The average molecular weight is 269 g/mol. The summed E-state index contributed by atoms with van der Waals surface area (Å²) in [6.07, 6.45) is 0. The highest BCUT2D eigenvalue weighted by molar-refractivity contribution is 6.31. The summed E-state index contributed by atoms with van der Waals surface area (Å²) in [6, 6.07) is 7.67. The number of carboxylic acids is 1. The number of carbonyl (C=O) groups is 1. The molecule has 0 aliphatic rings. The van der Waals surface area contributed by atoms with Gasteiger partial charge in [0.1, 0.15) is 11.6 Å². The van der Waals surface area contributed by atoms with Crippen LogP contribution in [0.5, 0.6) is 0 Å². The molecule has 2 nitrogen and oxygen atoms in total. The second-order valence-corrected chi connectivity index (χ2v) is 4.01. The number of carboxylic acid groups (broad SMARTS) is 1. The minimum atomic E-state index is -1.36. The Morgan fingerprint density at radius 3 is 2.50 bits per heavy atom. The van der Waals surface area contributed by atoms with E-state index < -0.39 is 23.2 Å². The number of benzene rings is 2. The summed E-state index contributed by atoms with van der Waals surface area (Å²) in [7, 11) is 0. The molecule has 2 rings (SSSR count). The van der Waals surface area contributed by atoms with Gasteiger partial charge in [-0.1, -0.05) is 29.8 Å². The molecule has 5 heteroatoms. The van der Waals surface area contributed by atoms with Crippen LogP contribution in [0.3, 0.4) is 0 Å². The van der Waals surface area contributed by atoms with Crippen LogP contribution in [0, 0.1) is 11.6 Å². The summed E-state index contributed by atoms with van der Waals surface area (Å²) in [5, 5.41) is 8.66. The molecule has 0 spiro atoms. The first kappa shape index (κ1) is 12.5. The van der Waals surface area contributed by atoms with Crippen molar-refractivity contribution in [3.8, 4) is 11.1 Å². The topological polar surface area (TPSA) is 37.3 Å². The van der Waals surface area contributed by atoms with Gasteiger partial charge in [-0.15, -0.1) is 0 Å². The van der Waals surface area contributed by atoms with E-state index in [-0.39, 0.29) is 10.6 Å². The van der Waals surface area contributed by atoms with E-state index in [1.54, 1.807) is 0 Å². The van der Waals surface area contributed by atoms with Gasteiger partial charge in [0.25, 0.3) is 0 Å². The zero-order valence-corrected chi connectivity index (χ0v) is 9.71. The summed E-state index contributed by atoms with van der Waals surface area (Å²) in [4.78, 5) is 10.8. The molecule has 0 saturated carbocycles. The van der Waals surface area contributed by atoms with Crippen LogP contribution in [0.15, 0.2) is 36.4 Å². The van der Waals surface area contributed by atoms with Crippen molar-refractivity contribution in [2.24, 2.45) is 0 Å². The Labute approximate surface area is 106 Å². The first-order valence-electron chi connectivity index (χ1n) is 4.98. The third kappa shape index (κ3) is 2.19. The zero-order chi connectivity index (χ0) is 13.3. The first-order chi connectivity index (χ1) is 8.50. The van der Waals surface area contributed by atoms with Gasteiger partial charge in [0.15, 0.2) is 0 Å². The molecule has 0 aliphatic carbocycles. The number of halogens is 3. The van der Waals surface area contributed by atoms with Gasteiger partial charge in [0, 0.05) is 5.56 Å². The maximum absolute atomic E-state index is 13.9. The second kappa shape index (κ2) is 4.74. The lowest BCUT2D eigenvalue weighted by atomic mass is 10.0. The SMILES string of the molecule is O=C(O)c1cccc(-c2ccc(F)c(Cl)c2)c1F. The van der Waals surface area contributed by atoms with Crippen molar-refractivity contribution < 1.29 is 18.7 Å². The van der Waals surface area contributed by atoms with Gasteiger partial charge in [-0.25, -0.2) is 13.6 Å². The Morgan fingerprint density at radius 2 is 1.89 bits per heavy atom. The van der Waals surface area contributed by atoms with Crippen molar-refractivity contribution in [3.05, 3.63) is 58.6 Å². The van der Waals surface area contributed by atoms with E-state index in [0.717, 1.165) is 12.1 Å². The predicted octanol–water partition coefficient (Wildman–Crippen LogP) is 3.98. The van der Waals surface area contributed by atoms with E-state index in [4.69, 9.17) is 16.7 Å². The van der Waals surface area contributed by atoms with Crippen LogP contribution in [-0.4, -0.2) is 11.1 Å². The highest BCUT2D eigenvalue weighted by Crippen LogP contribution is 2.28. The summed E-state index contributed by atoms with van der Waals surface area (Å²) in [5.41, 5.74) is -0.0493. The number of hydrogen-bond acceptors (Lipinski definition) is 1. The molecule has 0 aromatic heterocycles. The molecule has 2 aromatic carbocycles. The lowest BCUT2D eigenvalue weighted by molar-refractivity contribution is 0.0692. The van der Waals surface area contributed by atoms with Crippen LogP contribution in [0.1, 0.15) is 10.4 Å². The average Bonchev–Trinajstić information content (AvgIpc) is 2.33. The Kier molecular flexibility index (Phi) is 3.30. The van der Waals surface area contributed by atoms with Crippen molar-refractivity contribution in [2.45, 2.75) is 0 Å². The molecule has 92 valence electrons. The fourth-order valence-corrected chi connectivity index (χ4v) is 1.76. The van der Waals surface area contributed by atoms with E-state index in [2.05, 4.69) is 0 Å². The van der Waals surface area contributed by atoms with Gasteiger partial charge < -0.3 is 5.11 Å². The van der Waals surface area contributed by atoms with Gasteiger partial charge >= 0.3 is 5.97 Å². The molecule has 0 heterocycles. The van der Waals surface area contributed by atoms with Crippen molar-refractivity contribution in [3.63, 3.8) is 0 Å². The maximum atomic E-state index is 13.9. The highest BCUT2D eigenvalue weighted by Gasteiger charge is 2.15. The fraction of sp³-hybridized carbons (Fsp3) is 0. The van der Waals surface area contributed by atoms with Crippen LogP contribution < -0.4 is 0 Å². The van der Waals surface area contributed by atoms with E-state index in [9.17, 15) is 13.6 Å². The summed E-state index contributed by atoms with van der Waals surface area (Å²) in [5.74, 6) is -2.84. The minimum Gasteiger partial charge on any atom is -0.478 e. The van der Waals surface area contributed by atoms with E-state index in [0.29, 0.717) is 5.56 Å². The molecule has 0 amide bonds. The summed E-state index contributed by atoms with van der Waals surface area (Å²) < 4.78 is 26.9. The molecular weight excluding hydrogens is 262 g/mol. The third-order valence-electron chi connectivity index (χ3n) is 2.46. The Balaban J connectivity index is 2.60. The molecule has 0 atom stereocenters. The molecule has 0 saturated heterocycles. The molecule has 2 aromatic rings. The van der Waals surface area contributed by atoms with Crippen LogP contribution in [-0.2, 0) is 0 Å². The molecule has 0 radical (unpaired) electrons. The van der Waals surface area contributed by atoms with Crippen LogP contribution in [0.4, 0.5) is 8.78 Å². The van der Waals surface area contributed by atoms with E-state index >= 15 is 0 Å². The quantitative estimate of drug-likeness (QED) is 0.894. The lowest BCUT2D eigenvalue weighted by Gasteiger charge is -2.06.